The Kier molecular flexibility index (Phi) is 12.9. The van der Waals surface area contributed by atoms with Crippen molar-refractivity contribution in [1.82, 2.24) is 20.4 Å². The number of benzene rings is 1. The molecule has 2 amide bonds. The summed E-state index contributed by atoms with van der Waals surface area (Å²) in [5, 5.41) is 6.90. The highest BCUT2D eigenvalue weighted by atomic mass is 127. The summed E-state index contributed by atoms with van der Waals surface area (Å²) in [6.07, 6.45) is 1.65. The number of carbonyl (C=O) groups excluding carboxylic acids is 2. The van der Waals surface area contributed by atoms with Crippen LogP contribution in [0, 0.1) is 0 Å². The molecular weight excluding hydrogens is 529 g/mol. The number of piperazine rings is 1. The highest BCUT2D eigenvalue weighted by Crippen LogP contribution is 2.13. The van der Waals surface area contributed by atoms with Gasteiger partial charge in [0.2, 0.25) is 11.8 Å². The molecule has 1 aromatic carbocycles. The van der Waals surface area contributed by atoms with Crippen LogP contribution in [0.25, 0.3) is 0 Å². The zero-order valence-corrected chi connectivity index (χ0v) is 21.8. The van der Waals surface area contributed by atoms with E-state index in [0.29, 0.717) is 50.6 Å². The summed E-state index contributed by atoms with van der Waals surface area (Å²) in [5.74, 6) is 0.941. The van der Waals surface area contributed by atoms with Gasteiger partial charge in [0.1, 0.15) is 0 Å². The minimum absolute atomic E-state index is 0. The molecular formula is C22H35ClIN5O2. The lowest BCUT2D eigenvalue weighted by atomic mass is 10.1. The van der Waals surface area contributed by atoms with Gasteiger partial charge in [-0.1, -0.05) is 30.7 Å². The number of nitrogens with one attached hydrogen (secondary N) is 2. The van der Waals surface area contributed by atoms with Gasteiger partial charge < -0.3 is 20.4 Å². The van der Waals surface area contributed by atoms with Crippen LogP contribution in [0.5, 0.6) is 0 Å². The topological polar surface area (TPSA) is 77.0 Å². The highest BCUT2D eigenvalue weighted by molar-refractivity contribution is 14.0. The Hall–Kier alpha value is -1.55. The molecule has 0 radical (unpaired) electrons. The van der Waals surface area contributed by atoms with Crippen LogP contribution in [0.15, 0.2) is 29.3 Å². The van der Waals surface area contributed by atoms with Crippen molar-refractivity contribution in [1.29, 1.82) is 0 Å². The Morgan fingerprint density at radius 1 is 1.16 bits per heavy atom. The van der Waals surface area contributed by atoms with Gasteiger partial charge in [0.05, 0.1) is 13.0 Å². The van der Waals surface area contributed by atoms with E-state index in [0.717, 1.165) is 24.5 Å². The van der Waals surface area contributed by atoms with Crippen molar-refractivity contribution in [2.45, 2.75) is 46.1 Å². The van der Waals surface area contributed by atoms with Crippen LogP contribution >= 0.6 is 35.6 Å². The number of aliphatic imine (C=N–C) groups is 1. The minimum Gasteiger partial charge on any atom is -0.357 e. The second-order valence-corrected chi connectivity index (χ2v) is 7.97. The third-order valence-electron chi connectivity index (χ3n) is 5.13. The quantitative estimate of drug-likeness (QED) is 0.290. The number of amides is 2. The summed E-state index contributed by atoms with van der Waals surface area (Å²) in [6, 6.07) is 7.62. The lowest BCUT2D eigenvalue weighted by Crippen LogP contribution is -2.54. The fraction of sp³-hybridized carbons (Fsp3) is 0.591. The molecule has 0 saturated carbocycles. The van der Waals surface area contributed by atoms with Crippen molar-refractivity contribution in [3.63, 3.8) is 0 Å². The van der Waals surface area contributed by atoms with Crippen molar-refractivity contribution in [2.24, 2.45) is 4.99 Å². The fourth-order valence-corrected chi connectivity index (χ4v) is 3.45. The molecule has 174 valence electrons. The zero-order chi connectivity index (χ0) is 21.9. The van der Waals surface area contributed by atoms with Crippen LogP contribution in [0.1, 0.15) is 39.2 Å². The van der Waals surface area contributed by atoms with Gasteiger partial charge >= 0.3 is 0 Å². The average Bonchev–Trinajstić information content (AvgIpc) is 2.73. The third-order valence-corrected chi connectivity index (χ3v) is 5.37. The van der Waals surface area contributed by atoms with Crippen LogP contribution in [0.2, 0.25) is 5.02 Å². The van der Waals surface area contributed by atoms with E-state index in [1.165, 1.54) is 0 Å². The molecule has 9 heteroatoms. The van der Waals surface area contributed by atoms with E-state index in [1.807, 2.05) is 49.9 Å². The number of carbonyl (C=O) groups is 2. The zero-order valence-electron chi connectivity index (χ0n) is 18.7. The average molecular weight is 564 g/mol. The van der Waals surface area contributed by atoms with Gasteiger partial charge in [-0.15, -0.1) is 24.0 Å². The second kappa shape index (κ2) is 14.5. The minimum atomic E-state index is 0. The SMILES string of the molecule is CCNC(=NCCC(=O)NC(C)CC)N1CCN(C(=O)Cc2cccc(Cl)c2)CC1.I. The molecule has 1 atom stereocenters. The summed E-state index contributed by atoms with van der Waals surface area (Å²) in [6.45, 7) is 10.00. The van der Waals surface area contributed by atoms with Crippen molar-refractivity contribution < 1.29 is 9.59 Å². The number of rotatable bonds is 8. The van der Waals surface area contributed by atoms with E-state index in [9.17, 15) is 9.59 Å². The van der Waals surface area contributed by atoms with Crippen LogP contribution in [-0.2, 0) is 16.0 Å². The molecule has 1 aliphatic rings. The Bertz CT molecular complexity index is 738. The normalized spacial score (nSPS) is 15.2. The van der Waals surface area contributed by atoms with E-state index in [4.69, 9.17) is 11.6 Å². The van der Waals surface area contributed by atoms with Gasteiger partial charge in [-0.05, 0) is 38.0 Å². The number of halogens is 2. The first kappa shape index (κ1) is 27.5. The van der Waals surface area contributed by atoms with E-state index >= 15 is 0 Å². The molecule has 1 heterocycles. The molecule has 1 aromatic rings. The number of guanidine groups is 1. The molecule has 1 unspecified atom stereocenters. The van der Waals surface area contributed by atoms with E-state index < -0.39 is 0 Å². The summed E-state index contributed by atoms with van der Waals surface area (Å²) in [7, 11) is 0. The fourth-order valence-electron chi connectivity index (χ4n) is 3.24. The molecule has 2 N–H and O–H groups in total. The summed E-state index contributed by atoms with van der Waals surface area (Å²) >= 11 is 6.01. The van der Waals surface area contributed by atoms with E-state index in [-0.39, 0.29) is 41.8 Å². The van der Waals surface area contributed by atoms with Crippen molar-refractivity contribution in [2.75, 3.05) is 39.3 Å². The van der Waals surface area contributed by atoms with E-state index in [2.05, 4.69) is 20.5 Å². The first-order valence-corrected chi connectivity index (χ1v) is 11.2. The van der Waals surface area contributed by atoms with E-state index in [1.54, 1.807) is 0 Å². The predicted octanol–water partition coefficient (Wildman–Crippen LogP) is 2.92. The van der Waals surface area contributed by atoms with Gasteiger partial charge in [-0.3, -0.25) is 14.6 Å². The molecule has 0 bridgehead atoms. The molecule has 7 nitrogen and oxygen atoms in total. The Morgan fingerprint density at radius 2 is 1.84 bits per heavy atom. The molecule has 1 saturated heterocycles. The largest absolute Gasteiger partial charge is 0.357 e. The molecule has 1 aliphatic heterocycles. The van der Waals surface area contributed by atoms with Crippen LogP contribution < -0.4 is 10.6 Å². The standard InChI is InChI=1S/C22H34ClN5O2.HI/c1-4-17(3)26-20(29)9-10-25-22(24-5-2)28-13-11-27(12-14-28)21(30)16-18-7-6-8-19(23)15-18;/h6-8,15,17H,4-5,9-14,16H2,1-3H3,(H,24,25)(H,26,29);1H. The number of nitrogens with zero attached hydrogens (tertiary/aromatic N) is 3. The highest BCUT2D eigenvalue weighted by Gasteiger charge is 2.23. The molecule has 1 fully saturated rings. The van der Waals surface area contributed by atoms with Crippen molar-refractivity contribution in [3.8, 4) is 0 Å². The smallest absolute Gasteiger partial charge is 0.227 e. The second-order valence-electron chi connectivity index (χ2n) is 7.54. The van der Waals surface area contributed by atoms with Crippen molar-refractivity contribution in [3.05, 3.63) is 34.9 Å². The maximum Gasteiger partial charge on any atom is 0.227 e. The first-order chi connectivity index (χ1) is 14.4. The van der Waals surface area contributed by atoms with Crippen LogP contribution in [0.3, 0.4) is 0 Å². The van der Waals surface area contributed by atoms with Gasteiger partial charge in [0, 0.05) is 50.2 Å². The molecule has 0 spiro atoms. The Balaban J connectivity index is 0.00000480. The lowest BCUT2D eigenvalue weighted by molar-refractivity contribution is -0.131. The van der Waals surface area contributed by atoms with Crippen LogP contribution in [0.4, 0.5) is 0 Å². The van der Waals surface area contributed by atoms with Crippen LogP contribution in [-0.4, -0.2) is 72.9 Å². The monoisotopic (exact) mass is 563 g/mol. The summed E-state index contributed by atoms with van der Waals surface area (Å²) in [4.78, 5) is 33.2. The number of hydrogen-bond donors (Lipinski definition) is 2. The van der Waals surface area contributed by atoms with Gasteiger partial charge in [-0.2, -0.15) is 0 Å². The predicted molar refractivity (Wildman–Crippen MR) is 137 cm³/mol. The summed E-state index contributed by atoms with van der Waals surface area (Å²) < 4.78 is 0. The molecule has 0 aliphatic carbocycles. The lowest BCUT2D eigenvalue weighted by Gasteiger charge is -2.36. The molecule has 31 heavy (non-hydrogen) atoms. The number of hydrogen-bond acceptors (Lipinski definition) is 3. The summed E-state index contributed by atoms with van der Waals surface area (Å²) in [5.41, 5.74) is 0.931. The Labute approximate surface area is 208 Å². The third kappa shape index (κ3) is 9.64. The maximum atomic E-state index is 12.6. The van der Waals surface area contributed by atoms with Crippen molar-refractivity contribution >= 4 is 53.4 Å². The maximum absolute atomic E-state index is 12.6. The van der Waals surface area contributed by atoms with Gasteiger partial charge in [0.25, 0.3) is 0 Å². The first-order valence-electron chi connectivity index (χ1n) is 10.8. The molecule has 2 rings (SSSR count). The Morgan fingerprint density at radius 3 is 2.45 bits per heavy atom. The molecule has 0 aromatic heterocycles. The van der Waals surface area contributed by atoms with Gasteiger partial charge in [-0.25, -0.2) is 0 Å². The van der Waals surface area contributed by atoms with Gasteiger partial charge in [0.15, 0.2) is 5.96 Å².